The second kappa shape index (κ2) is 10.5. The van der Waals surface area contributed by atoms with Crippen molar-refractivity contribution in [3.05, 3.63) is 84.4 Å². The highest BCUT2D eigenvalue weighted by Gasteiger charge is 2.33. The van der Waals surface area contributed by atoms with Gasteiger partial charge in [0.05, 0.1) is 16.5 Å². The van der Waals surface area contributed by atoms with Crippen molar-refractivity contribution in [3.63, 3.8) is 0 Å². The number of halogens is 3. The Bertz CT molecular complexity index is 1070. The SMILES string of the molecule is CC(Sc1ccc(NC(=S)Nc2ccccc2)cc1)C(=O)Nc1ccccc1C(F)(F)F. The first kappa shape index (κ1) is 23.6. The summed E-state index contributed by atoms with van der Waals surface area (Å²) in [6.07, 6.45) is -4.54. The van der Waals surface area contributed by atoms with Crippen LogP contribution in [-0.4, -0.2) is 16.3 Å². The van der Waals surface area contributed by atoms with Crippen LogP contribution in [0, 0.1) is 0 Å². The molecule has 0 fully saturated rings. The van der Waals surface area contributed by atoms with Gasteiger partial charge >= 0.3 is 6.18 Å². The van der Waals surface area contributed by atoms with E-state index in [0.29, 0.717) is 5.11 Å². The molecular formula is C23H20F3N3OS2. The molecule has 0 aliphatic carbocycles. The molecule has 0 aromatic heterocycles. The van der Waals surface area contributed by atoms with E-state index in [1.165, 1.54) is 30.0 Å². The Morgan fingerprint density at radius 1 is 0.844 bits per heavy atom. The third kappa shape index (κ3) is 6.73. The number of thiocarbonyl (C=S) groups is 1. The first-order chi connectivity index (χ1) is 15.2. The van der Waals surface area contributed by atoms with Gasteiger partial charge in [-0.3, -0.25) is 4.79 Å². The Labute approximate surface area is 193 Å². The van der Waals surface area contributed by atoms with Crippen molar-refractivity contribution in [3.8, 4) is 0 Å². The van der Waals surface area contributed by atoms with Gasteiger partial charge in [0.15, 0.2) is 5.11 Å². The minimum absolute atomic E-state index is 0.253. The lowest BCUT2D eigenvalue weighted by Crippen LogP contribution is -2.24. The lowest BCUT2D eigenvalue weighted by molar-refractivity contribution is -0.137. The molecule has 0 bridgehead atoms. The summed E-state index contributed by atoms with van der Waals surface area (Å²) in [5.74, 6) is -0.512. The van der Waals surface area contributed by atoms with Crippen LogP contribution < -0.4 is 16.0 Å². The number of hydrogen-bond acceptors (Lipinski definition) is 3. The van der Waals surface area contributed by atoms with Gasteiger partial charge in [-0.15, -0.1) is 11.8 Å². The van der Waals surface area contributed by atoms with Gasteiger partial charge in [-0.2, -0.15) is 13.2 Å². The molecular weight excluding hydrogens is 455 g/mol. The zero-order chi connectivity index (χ0) is 23.1. The quantitative estimate of drug-likeness (QED) is 0.276. The van der Waals surface area contributed by atoms with Crippen molar-refractivity contribution in [2.75, 3.05) is 16.0 Å². The number of hydrogen-bond donors (Lipinski definition) is 3. The van der Waals surface area contributed by atoms with Crippen LogP contribution in [0.5, 0.6) is 0 Å². The fraction of sp³-hybridized carbons (Fsp3) is 0.130. The van der Waals surface area contributed by atoms with Crippen molar-refractivity contribution < 1.29 is 18.0 Å². The maximum Gasteiger partial charge on any atom is 0.418 e. The molecule has 9 heteroatoms. The van der Waals surface area contributed by atoms with Crippen LogP contribution in [0.3, 0.4) is 0 Å². The van der Waals surface area contributed by atoms with Crippen LogP contribution in [0.25, 0.3) is 0 Å². The van der Waals surface area contributed by atoms with E-state index in [-0.39, 0.29) is 5.69 Å². The van der Waals surface area contributed by atoms with Crippen molar-refractivity contribution in [2.45, 2.75) is 23.2 Å². The summed E-state index contributed by atoms with van der Waals surface area (Å²) in [5, 5.41) is 8.36. The van der Waals surface area contributed by atoms with Gasteiger partial charge in [0.2, 0.25) is 5.91 Å². The molecule has 1 atom stereocenters. The first-order valence-corrected chi connectivity index (χ1v) is 10.9. The zero-order valence-corrected chi connectivity index (χ0v) is 18.6. The molecule has 3 aromatic carbocycles. The van der Waals surface area contributed by atoms with Crippen molar-refractivity contribution >= 4 is 52.1 Å². The average Bonchev–Trinajstić information content (AvgIpc) is 2.75. The lowest BCUT2D eigenvalue weighted by atomic mass is 10.1. The molecule has 3 aromatic rings. The Kier molecular flexibility index (Phi) is 7.76. The highest BCUT2D eigenvalue weighted by molar-refractivity contribution is 8.00. The number of para-hydroxylation sites is 2. The summed E-state index contributed by atoms with van der Waals surface area (Å²) in [4.78, 5) is 13.2. The molecule has 0 aliphatic heterocycles. The normalized spacial score (nSPS) is 12.0. The summed E-state index contributed by atoms with van der Waals surface area (Å²) in [6, 6.07) is 21.7. The van der Waals surface area contributed by atoms with Gasteiger partial charge < -0.3 is 16.0 Å². The van der Waals surface area contributed by atoms with Crippen LogP contribution >= 0.6 is 24.0 Å². The molecule has 0 saturated heterocycles. The molecule has 32 heavy (non-hydrogen) atoms. The maximum absolute atomic E-state index is 13.1. The van der Waals surface area contributed by atoms with Gasteiger partial charge in [-0.05, 0) is 67.7 Å². The summed E-state index contributed by atoms with van der Waals surface area (Å²) in [6.45, 7) is 1.64. The highest BCUT2D eigenvalue weighted by atomic mass is 32.2. The second-order valence-electron chi connectivity index (χ2n) is 6.76. The molecule has 0 aliphatic rings. The first-order valence-electron chi connectivity index (χ1n) is 9.59. The van der Waals surface area contributed by atoms with Crippen LogP contribution in [0.2, 0.25) is 0 Å². The average molecular weight is 476 g/mol. The van der Waals surface area contributed by atoms with E-state index >= 15 is 0 Å². The minimum atomic E-state index is -4.54. The van der Waals surface area contributed by atoms with E-state index in [0.717, 1.165) is 22.3 Å². The number of carbonyl (C=O) groups excluding carboxylic acids is 1. The molecule has 1 unspecified atom stereocenters. The topological polar surface area (TPSA) is 53.2 Å². The zero-order valence-electron chi connectivity index (χ0n) is 16.9. The second-order valence-corrected chi connectivity index (χ2v) is 8.58. The Hall–Kier alpha value is -3.04. The maximum atomic E-state index is 13.1. The van der Waals surface area contributed by atoms with Crippen molar-refractivity contribution in [1.82, 2.24) is 0 Å². The Morgan fingerprint density at radius 2 is 1.41 bits per heavy atom. The van der Waals surface area contributed by atoms with Crippen LogP contribution in [0.1, 0.15) is 12.5 Å². The van der Waals surface area contributed by atoms with Crippen molar-refractivity contribution in [2.24, 2.45) is 0 Å². The third-order valence-corrected chi connectivity index (χ3v) is 5.63. The minimum Gasteiger partial charge on any atom is -0.332 e. The van der Waals surface area contributed by atoms with Gasteiger partial charge in [-0.25, -0.2) is 0 Å². The fourth-order valence-electron chi connectivity index (χ4n) is 2.76. The number of anilines is 3. The molecule has 3 N–H and O–H groups in total. The monoisotopic (exact) mass is 475 g/mol. The highest BCUT2D eigenvalue weighted by Crippen LogP contribution is 2.35. The molecule has 0 spiro atoms. The molecule has 0 saturated carbocycles. The van der Waals surface area contributed by atoms with Crippen LogP contribution in [-0.2, 0) is 11.0 Å². The molecule has 4 nitrogen and oxygen atoms in total. The molecule has 1 amide bonds. The van der Waals surface area contributed by atoms with Gasteiger partial charge in [0.1, 0.15) is 0 Å². The molecule has 166 valence electrons. The number of nitrogens with one attached hydrogen (secondary N) is 3. The lowest BCUT2D eigenvalue weighted by Gasteiger charge is -2.16. The number of thioether (sulfide) groups is 1. The molecule has 3 rings (SSSR count). The van der Waals surface area contributed by atoms with Crippen LogP contribution in [0.15, 0.2) is 83.8 Å². The standard InChI is InChI=1S/C23H20F3N3OS2/c1-15(21(30)29-20-10-6-5-9-19(20)23(24,25)26)32-18-13-11-17(12-14-18)28-22(31)27-16-7-3-2-4-8-16/h2-15H,1H3,(H,29,30)(H2,27,28,31). The van der Waals surface area contributed by atoms with E-state index < -0.39 is 22.9 Å². The Balaban J connectivity index is 1.56. The molecule has 0 heterocycles. The number of rotatable bonds is 6. The van der Waals surface area contributed by atoms with Gasteiger partial charge in [0, 0.05) is 16.3 Å². The summed E-state index contributed by atoms with van der Waals surface area (Å²) in [7, 11) is 0. The van der Waals surface area contributed by atoms with Crippen LogP contribution in [0.4, 0.5) is 30.2 Å². The van der Waals surface area contributed by atoms with E-state index in [1.54, 1.807) is 6.92 Å². The summed E-state index contributed by atoms with van der Waals surface area (Å²) >= 11 is 6.54. The number of alkyl halides is 3. The summed E-state index contributed by atoms with van der Waals surface area (Å²) < 4.78 is 39.4. The summed E-state index contributed by atoms with van der Waals surface area (Å²) in [5.41, 5.74) is 0.501. The third-order valence-electron chi connectivity index (χ3n) is 4.32. The number of benzene rings is 3. The fourth-order valence-corrected chi connectivity index (χ4v) is 3.87. The van der Waals surface area contributed by atoms with E-state index in [9.17, 15) is 18.0 Å². The largest absolute Gasteiger partial charge is 0.418 e. The predicted octanol–water partition coefficient (Wildman–Crippen LogP) is 6.63. The van der Waals surface area contributed by atoms with Gasteiger partial charge in [-0.1, -0.05) is 30.3 Å². The Morgan fingerprint density at radius 3 is 2.03 bits per heavy atom. The van der Waals surface area contributed by atoms with E-state index in [4.69, 9.17) is 12.2 Å². The number of carbonyl (C=O) groups is 1. The number of amides is 1. The van der Waals surface area contributed by atoms with E-state index in [1.807, 2.05) is 54.6 Å². The van der Waals surface area contributed by atoms with Gasteiger partial charge in [0.25, 0.3) is 0 Å². The predicted molar refractivity (Wildman–Crippen MR) is 128 cm³/mol. The smallest absolute Gasteiger partial charge is 0.332 e. The van der Waals surface area contributed by atoms with E-state index in [2.05, 4.69) is 16.0 Å². The molecule has 0 radical (unpaired) electrons. The van der Waals surface area contributed by atoms with Crippen molar-refractivity contribution in [1.29, 1.82) is 0 Å².